The number of carbonyl (C=O) groups is 2. The van der Waals surface area contributed by atoms with Crippen LogP contribution in [0.15, 0.2) is 78.9 Å². The van der Waals surface area contributed by atoms with Crippen molar-refractivity contribution in [1.29, 1.82) is 0 Å². The standard InChI is InChI=1S/C28H30Cl2N2O2/c1-3-26(28(34)31-4-2)32(19-20-15-16-24(29)25(30)17-20)27(33)18-23(21-11-7-5-8-12-21)22-13-9-6-10-14-22/h5-17,23,26H,3-4,18-19H2,1-2H3,(H,31,34)/t26-/m1/s1. The van der Waals surface area contributed by atoms with Crippen molar-refractivity contribution in [2.75, 3.05) is 6.54 Å². The van der Waals surface area contributed by atoms with E-state index < -0.39 is 6.04 Å². The molecule has 0 heterocycles. The lowest BCUT2D eigenvalue weighted by Crippen LogP contribution is -2.49. The molecule has 0 radical (unpaired) electrons. The number of carbonyl (C=O) groups excluding carboxylic acids is 2. The van der Waals surface area contributed by atoms with Crippen molar-refractivity contribution >= 4 is 35.0 Å². The van der Waals surface area contributed by atoms with Gasteiger partial charge in [0.1, 0.15) is 6.04 Å². The molecule has 4 nitrogen and oxygen atoms in total. The Morgan fingerprint density at radius 1 is 0.853 bits per heavy atom. The molecule has 3 rings (SSSR count). The van der Waals surface area contributed by atoms with E-state index in [0.717, 1.165) is 16.7 Å². The second kappa shape index (κ2) is 12.6. The van der Waals surface area contributed by atoms with E-state index in [1.54, 1.807) is 17.0 Å². The Balaban J connectivity index is 1.96. The molecule has 0 aromatic heterocycles. The van der Waals surface area contributed by atoms with Crippen molar-refractivity contribution in [3.8, 4) is 0 Å². The molecule has 0 saturated heterocycles. The molecule has 3 aromatic carbocycles. The highest BCUT2D eigenvalue weighted by molar-refractivity contribution is 6.42. The SMILES string of the molecule is CCNC(=O)[C@@H](CC)N(Cc1ccc(Cl)c(Cl)c1)C(=O)CC(c1ccccc1)c1ccccc1. The number of amides is 2. The van der Waals surface area contributed by atoms with Gasteiger partial charge in [-0.2, -0.15) is 0 Å². The third kappa shape index (κ3) is 6.62. The second-order valence-electron chi connectivity index (χ2n) is 8.17. The van der Waals surface area contributed by atoms with Crippen LogP contribution in [0.25, 0.3) is 0 Å². The van der Waals surface area contributed by atoms with E-state index in [9.17, 15) is 9.59 Å². The zero-order valence-electron chi connectivity index (χ0n) is 19.5. The maximum atomic E-state index is 13.9. The third-order valence-corrected chi connectivity index (χ3v) is 6.60. The third-order valence-electron chi connectivity index (χ3n) is 5.86. The average Bonchev–Trinajstić information content (AvgIpc) is 2.85. The van der Waals surface area contributed by atoms with Crippen LogP contribution in [0.1, 0.15) is 49.3 Å². The number of benzene rings is 3. The minimum atomic E-state index is -0.589. The zero-order chi connectivity index (χ0) is 24.5. The Morgan fingerprint density at radius 2 is 1.44 bits per heavy atom. The van der Waals surface area contributed by atoms with E-state index in [0.29, 0.717) is 23.0 Å². The van der Waals surface area contributed by atoms with Crippen LogP contribution in [0.5, 0.6) is 0 Å². The van der Waals surface area contributed by atoms with Gasteiger partial charge in [0.25, 0.3) is 0 Å². The van der Waals surface area contributed by atoms with Gasteiger partial charge < -0.3 is 10.2 Å². The molecule has 6 heteroatoms. The van der Waals surface area contributed by atoms with E-state index in [4.69, 9.17) is 23.2 Å². The first kappa shape index (κ1) is 25.8. The largest absolute Gasteiger partial charge is 0.355 e. The number of hydrogen-bond donors (Lipinski definition) is 1. The number of hydrogen-bond acceptors (Lipinski definition) is 2. The van der Waals surface area contributed by atoms with E-state index in [1.165, 1.54) is 0 Å². The van der Waals surface area contributed by atoms with Gasteiger partial charge in [0.15, 0.2) is 0 Å². The summed E-state index contributed by atoms with van der Waals surface area (Å²) < 4.78 is 0. The van der Waals surface area contributed by atoms with Crippen LogP contribution in [-0.2, 0) is 16.1 Å². The molecule has 0 aliphatic heterocycles. The predicted molar refractivity (Wildman–Crippen MR) is 139 cm³/mol. The predicted octanol–water partition coefficient (Wildman–Crippen LogP) is 6.46. The fourth-order valence-electron chi connectivity index (χ4n) is 4.14. The number of rotatable bonds is 10. The highest BCUT2D eigenvalue weighted by atomic mass is 35.5. The van der Waals surface area contributed by atoms with Gasteiger partial charge in [0, 0.05) is 25.4 Å². The van der Waals surface area contributed by atoms with Crippen LogP contribution in [0.4, 0.5) is 0 Å². The molecule has 0 aliphatic carbocycles. The maximum absolute atomic E-state index is 13.9. The molecule has 178 valence electrons. The van der Waals surface area contributed by atoms with Crippen LogP contribution >= 0.6 is 23.2 Å². The molecule has 1 atom stereocenters. The summed E-state index contributed by atoms with van der Waals surface area (Å²) in [6.07, 6.45) is 0.742. The molecular weight excluding hydrogens is 467 g/mol. The molecule has 0 bridgehead atoms. The monoisotopic (exact) mass is 496 g/mol. The molecule has 0 spiro atoms. The summed E-state index contributed by atoms with van der Waals surface area (Å²) in [6.45, 7) is 4.56. The van der Waals surface area contributed by atoms with Crippen LogP contribution in [0.3, 0.4) is 0 Å². The fourth-order valence-corrected chi connectivity index (χ4v) is 4.46. The van der Waals surface area contributed by atoms with Crippen LogP contribution in [-0.4, -0.2) is 29.3 Å². The van der Waals surface area contributed by atoms with Gasteiger partial charge >= 0.3 is 0 Å². The Hall–Kier alpha value is -2.82. The van der Waals surface area contributed by atoms with Gasteiger partial charge in [-0.15, -0.1) is 0 Å². The molecule has 0 fully saturated rings. The Labute approximate surface area is 211 Å². The highest BCUT2D eigenvalue weighted by Gasteiger charge is 2.30. The lowest BCUT2D eigenvalue weighted by molar-refractivity contribution is -0.141. The van der Waals surface area contributed by atoms with Crippen molar-refractivity contribution in [3.63, 3.8) is 0 Å². The quantitative estimate of drug-likeness (QED) is 0.350. The maximum Gasteiger partial charge on any atom is 0.242 e. The van der Waals surface area contributed by atoms with Gasteiger partial charge in [-0.3, -0.25) is 9.59 Å². The molecule has 3 aromatic rings. The summed E-state index contributed by atoms with van der Waals surface area (Å²) >= 11 is 12.3. The van der Waals surface area contributed by atoms with Gasteiger partial charge in [-0.1, -0.05) is 96.9 Å². The molecule has 34 heavy (non-hydrogen) atoms. The minimum Gasteiger partial charge on any atom is -0.355 e. The van der Waals surface area contributed by atoms with Gasteiger partial charge in [-0.05, 0) is 42.2 Å². The van der Waals surface area contributed by atoms with Crippen LogP contribution in [0, 0.1) is 0 Å². The Morgan fingerprint density at radius 3 is 1.94 bits per heavy atom. The molecule has 0 unspecified atom stereocenters. The second-order valence-corrected chi connectivity index (χ2v) is 8.98. The zero-order valence-corrected chi connectivity index (χ0v) is 21.0. The fraction of sp³-hybridized carbons (Fsp3) is 0.286. The first-order valence-corrected chi connectivity index (χ1v) is 12.3. The molecule has 0 aliphatic rings. The van der Waals surface area contributed by atoms with Crippen LogP contribution < -0.4 is 5.32 Å². The van der Waals surface area contributed by atoms with E-state index >= 15 is 0 Å². The van der Waals surface area contributed by atoms with Crippen molar-refractivity contribution in [2.24, 2.45) is 0 Å². The highest BCUT2D eigenvalue weighted by Crippen LogP contribution is 2.30. The van der Waals surface area contributed by atoms with Gasteiger partial charge in [0.05, 0.1) is 10.0 Å². The topological polar surface area (TPSA) is 49.4 Å². The van der Waals surface area contributed by atoms with Crippen molar-refractivity contribution < 1.29 is 9.59 Å². The van der Waals surface area contributed by atoms with Crippen molar-refractivity contribution in [1.82, 2.24) is 10.2 Å². The average molecular weight is 497 g/mol. The summed E-state index contributed by atoms with van der Waals surface area (Å²) in [5, 5.41) is 3.75. The Kier molecular flexibility index (Phi) is 9.55. The number of nitrogens with zero attached hydrogens (tertiary/aromatic N) is 1. The lowest BCUT2D eigenvalue weighted by atomic mass is 9.88. The number of nitrogens with one attached hydrogen (secondary N) is 1. The van der Waals surface area contributed by atoms with Crippen molar-refractivity contribution in [2.45, 2.75) is 45.2 Å². The van der Waals surface area contributed by atoms with E-state index in [2.05, 4.69) is 5.32 Å². The van der Waals surface area contributed by atoms with Gasteiger partial charge in [-0.25, -0.2) is 0 Å². The van der Waals surface area contributed by atoms with E-state index in [1.807, 2.05) is 80.6 Å². The smallest absolute Gasteiger partial charge is 0.242 e. The Bertz CT molecular complexity index is 1050. The lowest BCUT2D eigenvalue weighted by Gasteiger charge is -2.32. The molecule has 1 N–H and O–H groups in total. The summed E-state index contributed by atoms with van der Waals surface area (Å²) in [5.41, 5.74) is 2.94. The minimum absolute atomic E-state index is 0.0955. The number of halogens is 2. The number of likely N-dealkylation sites (N-methyl/N-ethyl adjacent to an activating group) is 1. The summed E-state index contributed by atoms with van der Waals surface area (Å²) in [6, 6.07) is 24.7. The molecule has 2 amide bonds. The molecule has 0 saturated carbocycles. The van der Waals surface area contributed by atoms with E-state index in [-0.39, 0.29) is 30.7 Å². The summed E-state index contributed by atoms with van der Waals surface area (Å²) in [7, 11) is 0. The van der Waals surface area contributed by atoms with Gasteiger partial charge in [0.2, 0.25) is 11.8 Å². The summed E-state index contributed by atoms with van der Waals surface area (Å²) in [4.78, 5) is 28.4. The normalized spacial score (nSPS) is 11.8. The van der Waals surface area contributed by atoms with Crippen LogP contribution in [0.2, 0.25) is 10.0 Å². The van der Waals surface area contributed by atoms with Crippen molar-refractivity contribution in [3.05, 3.63) is 106 Å². The first-order valence-electron chi connectivity index (χ1n) is 11.6. The first-order chi connectivity index (χ1) is 16.4. The molecular formula is C28H30Cl2N2O2. The summed E-state index contributed by atoms with van der Waals surface area (Å²) in [5.74, 6) is -0.380.